The first kappa shape index (κ1) is 13.9. The van der Waals surface area contributed by atoms with Crippen LogP contribution in [0.5, 0.6) is 0 Å². The molecule has 3 aromatic rings. The molecule has 0 radical (unpaired) electrons. The maximum atomic E-state index is 10.9. The number of anilines is 3. The highest BCUT2D eigenvalue weighted by Crippen LogP contribution is 2.30. The van der Waals surface area contributed by atoms with Gasteiger partial charge in [0.2, 0.25) is 0 Å². The number of carboxylic acids is 1. The average Bonchev–Trinajstić information content (AvgIpc) is 2.50. The zero-order valence-electron chi connectivity index (χ0n) is 12.0. The normalized spacial score (nSPS) is 10.6. The Hall–Kier alpha value is -3.08. The van der Waals surface area contributed by atoms with Crippen molar-refractivity contribution in [3.8, 4) is 0 Å². The SMILES string of the molecule is Cc1cnc(Nc2ccc(C(=O)O)cc2)c2cccc(N)c12. The number of aryl methyl sites for hydroxylation is 1. The minimum absolute atomic E-state index is 0.247. The van der Waals surface area contributed by atoms with E-state index in [-0.39, 0.29) is 5.56 Å². The van der Waals surface area contributed by atoms with Crippen molar-refractivity contribution in [2.75, 3.05) is 11.1 Å². The summed E-state index contributed by atoms with van der Waals surface area (Å²) in [6.45, 7) is 1.97. The number of nitrogen functional groups attached to an aromatic ring is 1. The van der Waals surface area contributed by atoms with E-state index in [1.807, 2.05) is 25.1 Å². The van der Waals surface area contributed by atoms with Gasteiger partial charge >= 0.3 is 5.97 Å². The smallest absolute Gasteiger partial charge is 0.335 e. The van der Waals surface area contributed by atoms with E-state index < -0.39 is 5.97 Å². The van der Waals surface area contributed by atoms with Gasteiger partial charge < -0.3 is 16.2 Å². The van der Waals surface area contributed by atoms with E-state index in [9.17, 15) is 4.79 Å². The molecule has 0 amide bonds. The van der Waals surface area contributed by atoms with Crippen LogP contribution in [0, 0.1) is 6.92 Å². The third kappa shape index (κ3) is 2.44. The molecule has 1 aromatic heterocycles. The molecule has 0 aliphatic rings. The molecule has 0 spiro atoms. The van der Waals surface area contributed by atoms with Crippen LogP contribution in [0.2, 0.25) is 0 Å². The van der Waals surface area contributed by atoms with Crippen molar-refractivity contribution < 1.29 is 9.90 Å². The minimum Gasteiger partial charge on any atom is -0.478 e. The summed E-state index contributed by atoms with van der Waals surface area (Å²) in [4.78, 5) is 15.3. The number of benzene rings is 2. The molecule has 0 saturated heterocycles. The number of hydrogen-bond donors (Lipinski definition) is 3. The van der Waals surface area contributed by atoms with Crippen molar-refractivity contribution in [3.05, 3.63) is 59.8 Å². The molecule has 5 heteroatoms. The molecule has 0 saturated carbocycles. The lowest BCUT2D eigenvalue weighted by Gasteiger charge is -2.12. The van der Waals surface area contributed by atoms with Crippen LogP contribution in [-0.4, -0.2) is 16.1 Å². The van der Waals surface area contributed by atoms with E-state index in [1.165, 1.54) is 0 Å². The number of aromatic carboxylic acids is 1. The Morgan fingerprint density at radius 1 is 1.18 bits per heavy atom. The Balaban J connectivity index is 2.02. The zero-order chi connectivity index (χ0) is 15.7. The molecular weight excluding hydrogens is 278 g/mol. The molecule has 1 heterocycles. The lowest BCUT2D eigenvalue weighted by molar-refractivity contribution is 0.0697. The molecule has 0 atom stereocenters. The predicted molar refractivity (Wildman–Crippen MR) is 87.6 cm³/mol. The lowest BCUT2D eigenvalue weighted by Crippen LogP contribution is -1.99. The van der Waals surface area contributed by atoms with Gasteiger partial charge in [-0.3, -0.25) is 0 Å². The van der Waals surface area contributed by atoms with Gasteiger partial charge in [0.25, 0.3) is 0 Å². The number of nitrogens with one attached hydrogen (secondary N) is 1. The van der Waals surface area contributed by atoms with Gasteiger partial charge in [-0.2, -0.15) is 0 Å². The number of rotatable bonds is 3. The highest BCUT2D eigenvalue weighted by molar-refractivity contribution is 6.02. The number of aromatic nitrogens is 1. The number of carboxylic acid groups (broad SMARTS) is 1. The first-order valence-corrected chi connectivity index (χ1v) is 6.80. The van der Waals surface area contributed by atoms with Gasteiger partial charge in [-0.15, -0.1) is 0 Å². The van der Waals surface area contributed by atoms with Crippen molar-refractivity contribution in [3.63, 3.8) is 0 Å². The summed E-state index contributed by atoms with van der Waals surface area (Å²) in [5, 5.41) is 14.0. The van der Waals surface area contributed by atoms with Crippen LogP contribution in [-0.2, 0) is 0 Å². The van der Waals surface area contributed by atoms with Gasteiger partial charge in [-0.25, -0.2) is 9.78 Å². The lowest BCUT2D eigenvalue weighted by atomic mass is 10.1. The number of carbonyl (C=O) groups is 1. The second-order valence-corrected chi connectivity index (χ2v) is 5.07. The van der Waals surface area contributed by atoms with Crippen LogP contribution in [0.15, 0.2) is 48.7 Å². The fraction of sp³-hybridized carbons (Fsp3) is 0.0588. The van der Waals surface area contributed by atoms with Crippen LogP contribution in [0.1, 0.15) is 15.9 Å². The highest BCUT2D eigenvalue weighted by Gasteiger charge is 2.08. The summed E-state index contributed by atoms with van der Waals surface area (Å²) in [7, 11) is 0. The third-order valence-corrected chi connectivity index (χ3v) is 3.53. The fourth-order valence-corrected chi connectivity index (χ4v) is 2.44. The maximum Gasteiger partial charge on any atom is 0.335 e. The van der Waals surface area contributed by atoms with E-state index in [0.717, 1.165) is 22.0 Å². The van der Waals surface area contributed by atoms with E-state index in [0.29, 0.717) is 11.5 Å². The molecule has 5 nitrogen and oxygen atoms in total. The van der Waals surface area contributed by atoms with Crippen molar-refractivity contribution in [2.45, 2.75) is 6.92 Å². The van der Waals surface area contributed by atoms with Gasteiger partial charge in [-0.05, 0) is 42.8 Å². The highest BCUT2D eigenvalue weighted by atomic mass is 16.4. The molecule has 22 heavy (non-hydrogen) atoms. The topological polar surface area (TPSA) is 88.2 Å². The average molecular weight is 293 g/mol. The molecule has 4 N–H and O–H groups in total. The van der Waals surface area contributed by atoms with Gasteiger partial charge in [0, 0.05) is 28.3 Å². The molecule has 0 fully saturated rings. The molecule has 3 rings (SSSR count). The van der Waals surface area contributed by atoms with E-state index in [2.05, 4.69) is 10.3 Å². The number of hydrogen-bond acceptors (Lipinski definition) is 4. The Bertz CT molecular complexity index is 849. The summed E-state index contributed by atoms with van der Waals surface area (Å²) in [6.07, 6.45) is 1.77. The van der Waals surface area contributed by atoms with Crippen LogP contribution in [0.3, 0.4) is 0 Å². The van der Waals surface area contributed by atoms with Gasteiger partial charge in [0.1, 0.15) is 5.82 Å². The molecule has 110 valence electrons. The molecule has 0 aliphatic carbocycles. The Labute approximate surface area is 127 Å². The summed E-state index contributed by atoms with van der Waals surface area (Å²) in [6, 6.07) is 12.2. The molecular formula is C17H15N3O2. The van der Waals surface area contributed by atoms with Crippen LogP contribution in [0.25, 0.3) is 10.8 Å². The van der Waals surface area contributed by atoms with E-state index in [4.69, 9.17) is 10.8 Å². The summed E-state index contributed by atoms with van der Waals surface area (Å²) in [5.41, 5.74) is 8.79. The Kier molecular flexibility index (Phi) is 3.39. The summed E-state index contributed by atoms with van der Waals surface area (Å²) >= 11 is 0. The van der Waals surface area contributed by atoms with E-state index >= 15 is 0 Å². The van der Waals surface area contributed by atoms with Gasteiger partial charge in [0.15, 0.2) is 0 Å². The second-order valence-electron chi connectivity index (χ2n) is 5.07. The number of nitrogens with zero attached hydrogens (tertiary/aromatic N) is 1. The summed E-state index contributed by atoms with van der Waals surface area (Å²) < 4.78 is 0. The minimum atomic E-state index is -0.946. The van der Waals surface area contributed by atoms with Gasteiger partial charge in [-0.1, -0.05) is 12.1 Å². The van der Waals surface area contributed by atoms with Crippen molar-refractivity contribution in [1.29, 1.82) is 0 Å². The number of pyridine rings is 1. The van der Waals surface area contributed by atoms with Crippen molar-refractivity contribution in [2.24, 2.45) is 0 Å². The number of nitrogens with two attached hydrogens (primary N) is 1. The van der Waals surface area contributed by atoms with Crippen LogP contribution in [0.4, 0.5) is 17.2 Å². The standard InChI is InChI=1S/C17H15N3O2/c1-10-9-19-16(13-3-2-4-14(18)15(10)13)20-12-7-5-11(6-8-12)17(21)22/h2-9H,18H2,1H3,(H,19,20)(H,21,22). The zero-order valence-corrected chi connectivity index (χ0v) is 12.0. The van der Waals surface area contributed by atoms with Crippen molar-refractivity contribution >= 4 is 33.9 Å². The summed E-state index contributed by atoms with van der Waals surface area (Å²) in [5.74, 6) is -0.255. The second kappa shape index (κ2) is 5.37. The quantitative estimate of drug-likeness (QED) is 0.642. The predicted octanol–water partition coefficient (Wildman–Crippen LogP) is 3.57. The third-order valence-electron chi connectivity index (χ3n) is 3.53. The van der Waals surface area contributed by atoms with Crippen LogP contribution < -0.4 is 11.1 Å². The van der Waals surface area contributed by atoms with Gasteiger partial charge in [0.05, 0.1) is 5.56 Å². The maximum absolute atomic E-state index is 10.9. The fourth-order valence-electron chi connectivity index (χ4n) is 2.44. The monoisotopic (exact) mass is 293 g/mol. The first-order chi connectivity index (χ1) is 10.6. The largest absolute Gasteiger partial charge is 0.478 e. The molecule has 2 aromatic carbocycles. The molecule has 0 bridgehead atoms. The van der Waals surface area contributed by atoms with E-state index in [1.54, 1.807) is 30.5 Å². The first-order valence-electron chi connectivity index (χ1n) is 6.80. The number of fused-ring (bicyclic) bond motifs is 1. The molecule has 0 unspecified atom stereocenters. The van der Waals surface area contributed by atoms with Crippen LogP contribution >= 0.6 is 0 Å². The molecule has 0 aliphatic heterocycles. The van der Waals surface area contributed by atoms with Crippen molar-refractivity contribution in [1.82, 2.24) is 4.98 Å². The Morgan fingerprint density at radius 2 is 1.91 bits per heavy atom. The Morgan fingerprint density at radius 3 is 2.59 bits per heavy atom.